The first-order chi connectivity index (χ1) is 13.8. The van der Waals surface area contributed by atoms with Gasteiger partial charge in [0.1, 0.15) is 6.61 Å². The van der Waals surface area contributed by atoms with Crippen molar-refractivity contribution >= 4 is 29.2 Å². The molecule has 1 amide bonds. The lowest BCUT2D eigenvalue weighted by Gasteiger charge is -2.14. The Balaban J connectivity index is 1.38. The highest BCUT2D eigenvalue weighted by Gasteiger charge is 2.28. The number of fused-ring (bicyclic) bond motifs is 3. The van der Waals surface area contributed by atoms with Crippen molar-refractivity contribution in [2.45, 2.75) is 12.5 Å². The summed E-state index contributed by atoms with van der Waals surface area (Å²) in [6.07, 6.45) is -0.428. The van der Waals surface area contributed by atoms with Crippen molar-refractivity contribution in [1.82, 2.24) is 5.32 Å². The van der Waals surface area contributed by atoms with Crippen molar-refractivity contribution < 1.29 is 9.53 Å². The number of alkyl carbamates (subject to hydrolysis) is 1. The van der Waals surface area contributed by atoms with Gasteiger partial charge in [-0.25, -0.2) is 4.79 Å². The maximum atomic E-state index is 12.2. The van der Waals surface area contributed by atoms with Crippen LogP contribution in [0.15, 0.2) is 77.8 Å². The second-order valence-corrected chi connectivity index (χ2v) is 6.73. The summed E-state index contributed by atoms with van der Waals surface area (Å²) in [4.78, 5) is 16.1. The molecule has 3 aromatic carbocycles. The Bertz CT molecular complexity index is 1010. The molecule has 0 fully saturated rings. The van der Waals surface area contributed by atoms with E-state index in [0.717, 1.165) is 11.3 Å². The number of rotatable bonds is 5. The van der Waals surface area contributed by atoms with Gasteiger partial charge in [0.2, 0.25) is 0 Å². The molecule has 4 rings (SSSR count). The van der Waals surface area contributed by atoms with Gasteiger partial charge in [0, 0.05) is 12.5 Å². The van der Waals surface area contributed by atoms with Crippen LogP contribution in [0.3, 0.4) is 0 Å². The summed E-state index contributed by atoms with van der Waals surface area (Å²) in [6, 6.07) is 24.0. The minimum Gasteiger partial charge on any atom is -0.449 e. The highest BCUT2D eigenvalue weighted by molar-refractivity contribution is 7.78. The number of benzene rings is 3. The third-order valence-electron chi connectivity index (χ3n) is 4.89. The average Bonchev–Trinajstić information content (AvgIpc) is 3.06. The van der Waals surface area contributed by atoms with Crippen molar-refractivity contribution in [3.05, 3.63) is 89.5 Å². The summed E-state index contributed by atoms with van der Waals surface area (Å²) in [7, 11) is 0. The fourth-order valence-corrected chi connectivity index (χ4v) is 3.67. The van der Waals surface area contributed by atoms with Gasteiger partial charge >= 0.3 is 6.09 Å². The van der Waals surface area contributed by atoms with Crippen LogP contribution in [0.1, 0.15) is 22.6 Å². The normalized spacial score (nSPS) is 11.9. The molecule has 0 atom stereocenters. The quantitative estimate of drug-likeness (QED) is 0.468. The third kappa shape index (κ3) is 3.72. The first-order valence-corrected chi connectivity index (χ1v) is 9.43. The second-order valence-electron chi connectivity index (χ2n) is 6.55. The maximum Gasteiger partial charge on any atom is 0.407 e. The minimum atomic E-state index is -0.428. The van der Waals surface area contributed by atoms with Crippen LogP contribution in [0, 0.1) is 0 Å². The minimum absolute atomic E-state index is 0.0601. The van der Waals surface area contributed by atoms with E-state index in [9.17, 15) is 4.79 Å². The number of amides is 1. The zero-order valence-electron chi connectivity index (χ0n) is 15.1. The van der Waals surface area contributed by atoms with Gasteiger partial charge in [-0.1, -0.05) is 60.7 Å². The fourth-order valence-electron chi connectivity index (χ4n) is 3.56. The number of carbonyl (C=O) groups excluding carboxylic acids is 1. The average molecular weight is 386 g/mol. The van der Waals surface area contributed by atoms with Crippen molar-refractivity contribution in [2.75, 3.05) is 6.61 Å². The largest absolute Gasteiger partial charge is 0.449 e. The molecule has 0 bridgehead atoms. The van der Waals surface area contributed by atoms with E-state index in [1.807, 2.05) is 48.5 Å². The molecule has 5 heteroatoms. The van der Waals surface area contributed by atoms with E-state index in [0.29, 0.717) is 13.2 Å². The second kappa shape index (κ2) is 8.17. The number of hydrogen-bond acceptors (Lipinski definition) is 4. The lowest BCUT2D eigenvalue weighted by atomic mass is 9.98. The molecule has 3 aromatic rings. The molecule has 0 aliphatic heterocycles. The summed E-state index contributed by atoms with van der Waals surface area (Å²) < 4.78 is 5.53. The van der Waals surface area contributed by atoms with Gasteiger partial charge in [-0.3, -0.25) is 0 Å². The summed E-state index contributed by atoms with van der Waals surface area (Å²) in [6.45, 7) is 0.695. The van der Waals surface area contributed by atoms with Gasteiger partial charge < -0.3 is 10.1 Å². The van der Waals surface area contributed by atoms with E-state index in [-0.39, 0.29) is 5.92 Å². The summed E-state index contributed by atoms with van der Waals surface area (Å²) >= 11 is 4.59. The van der Waals surface area contributed by atoms with Gasteiger partial charge in [0.15, 0.2) is 0 Å². The first kappa shape index (κ1) is 18.1. The molecular formula is C23H18N2O2S. The van der Waals surface area contributed by atoms with Gasteiger partial charge in [-0.05, 0) is 52.2 Å². The van der Waals surface area contributed by atoms with Crippen molar-refractivity contribution in [3.8, 4) is 11.1 Å². The van der Waals surface area contributed by atoms with Crippen LogP contribution in [0.5, 0.6) is 0 Å². The highest BCUT2D eigenvalue weighted by Crippen LogP contribution is 2.44. The summed E-state index contributed by atoms with van der Waals surface area (Å²) in [5.74, 6) is 0.0601. The van der Waals surface area contributed by atoms with Gasteiger partial charge in [0.25, 0.3) is 0 Å². The number of nitrogens with zero attached hydrogens (tertiary/aromatic N) is 1. The van der Waals surface area contributed by atoms with Crippen LogP contribution in [0.2, 0.25) is 0 Å². The van der Waals surface area contributed by atoms with Crippen molar-refractivity contribution in [1.29, 1.82) is 0 Å². The van der Waals surface area contributed by atoms with Crippen LogP contribution in [0.25, 0.3) is 11.1 Å². The van der Waals surface area contributed by atoms with E-state index in [1.54, 1.807) is 0 Å². The zero-order chi connectivity index (χ0) is 19.3. The monoisotopic (exact) mass is 386 g/mol. The van der Waals surface area contributed by atoms with Gasteiger partial charge in [0.05, 0.1) is 10.8 Å². The molecule has 1 N–H and O–H groups in total. The van der Waals surface area contributed by atoms with Crippen LogP contribution in [-0.4, -0.2) is 17.9 Å². The highest BCUT2D eigenvalue weighted by atomic mass is 32.1. The fraction of sp³-hybridized carbons (Fsp3) is 0.130. The smallest absolute Gasteiger partial charge is 0.407 e. The van der Waals surface area contributed by atoms with Crippen molar-refractivity contribution in [3.63, 3.8) is 0 Å². The molecular weight excluding hydrogens is 368 g/mol. The molecule has 0 saturated heterocycles. The van der Waals surface area contributed by atoms with Crippen LogP contribution in [-0.2, 0) is 11.3 Å². The third-order valence-corrected chi connectivity index (χ3v) is 4.98. The van der Waals surface area contributed by atoms with E-state index in [4.69, 9.17) is 4.74 Å². The van der Waals surface area contributed by atoms with Gasteiger partial charge in [-0.15, -0.1) is 0 Å². The lowest BCUT2D eigenvalue weighted by molar-refractivity contribution is 0.142. The summed E-state index contributed by atoms with van der Waals surface area (Å²) in [5.41, 5.74) is 6.52. The molecule has 0 radical (unpaired) electrons. The number of aliphatic imine (C=N–C) groups is 1. The van der Waals surface area contributed by atoms with E-state index >= 15 is 0 Å². The zero-order valence-corrected chi connectivity index (χ0v) is 15.9. The molecule has 0 unspecified atom stereocenters. The molecule has 138 valence electrons. The Morgan fingerprint density at radius 2 is 1.57 bits per heavy atom. The Morgan fingerprint density at radius 1 is 0.964 bits per heavy atom. The van der Waals surface area contributed by atoms with Crippen LogP contribution in [0.4, 0.5) is 10.5 Å². The SMILES string of the molecule is O=C(NCc1ccc(N=C=S)cc1)OCC1c2ccccc2-c2ccccc21. The molecule has 0 aromatic heterocycles. The van der Waals surface area contributed by atoms with E-state index in [1.165, 1.54) is 22.3 Å². The lowest BCUT2D eigenvalue weighted by Crippen LogP contribution is -2.25. The van der Waals surface area contributed by atoms with E-state index < -0.39 is 6.09 Å². The van der Waals surface area contributed by atoms with Crippen LogP contribution >= 0.6 is 12.2 Å². The number of nitrogens with one attached hydrogen (secondary N) is 1. The standard InChI is InChI=1S/C23H18N2O2S/c26-23(24-13-16-9-11-17(12-10-16)25-15-28)27-14-22-20-7-3-1-5-18(20)19-6-2-4-8-21(19)22/h1-12,22H,13-14H2,(H,24,26). The number of hydrogen-bond donors (Lipinski definition) is 1. The molecule has 1 aliphatic rings. The number of carbonyl (C=O) groups is 1. The van der Waals surface area contributed by atoms with Gasteiger partial charge in [-0.2, -0.15) is 4.99 Å². The number of isothiocyanates is 1. The molecule has 0 heterocycles. The molecule has 4 nitrogen and oxygen atoms in total. The molecule has 0 spiro atoms. The molecule has 0 saturated carbocycles. The molecule has 1 aliphatic carbocycles. The maximum absolute atomic E-state index is 12.2. The Morgan fingerprint density at radius 3 is 2.18 bits per heavy atom. The predicted octanol–water partition coefficient (Wildman–Crippen LogP) is 5.46. The Hall–Kier alpha value is -3.27. The van der Waals surface area contributed by atoms with Crippen molar-refractivity contribution in [2.24, 2.45) is 4.99 Å². The Kier molecular flexibility index (Phi) is 5.29. The molecule has 28 heavy (non-hydrogen) atoms. The predicted molar refractivity (Wildman–Crippen MR) is 113 cm³/mol. The van der Waals surface area contributed by atoms with E-state index in [2.05, 4.69) is 52.0 Å². The Labute approximate surface area is 168 Å². The topological polar surface area (TPSA) is 50.7 Å². The first-order valence-electron chi connectivity index (χ1n) is 9.02. The number of ether oxygens (including phenoxy) is 1. The van der Waals surface area contributed by atoms with Crippen LogP contribution < -0.4 is 5.32 Å². The summed E-state index contributed by atoms with van der Waals surface area (Å²) in [5, 5.41) is 5.12. The number of thiocarbonyl (C=S) groups is 1.